The molecule has 0 spiro atoms. The van der Waals surface area contributed by atoms with Crippen molar-refractivity contribution in [1.29, 1.82) is 0 Å². The lowest BCUT2D eigenvalue weighted by molar-refractivity contribution is -0.130. The third kappa shape index (κ3) is 2.53. The number of Topliss-reactive ketones (excluding diaryl/α,β-unsaturated/α-hetero) is 2. The standard InChI is InChI=1S/C16H19BrO2/c1-8-9(2)15(11(4)16(17)10(8)3)12-5-13(18)7-14(19)6-12/h12H,5-7H2,1-4H3. The molecule has 0 unspecified atom stereocenters. The lowest BCUT2D eigenvalue weighted by atomic mass is 9.77. The number of halogens is 1. The van der Waals surface area contributed by atoms with Crippen molar-refractivity contribution < 1.29 is 9.59 Å². The molecule has 0 bridgehead atoms. The van der Waals surface area contributed by atoms with E-state index in [-0.39, 0.29) is 23.9 Å². The summed E-state index contributed by atoms with van der Waals surface area (Å²) in [7, 11) is 0. The van der Waals surface area contributed by atoms with Crippen LogP contribution in [0.3, 0.4) is 0 Å². The Labute approximate surface area is 122 Å². The van der Waals surface area contributed by atoms with E-state index in [9.17, 15) is 9.59 Å². The van der Waals surface area contributed by atoms with Gasteiger partial charge in [-0.05, 0) is 61.4 Å². The van der Waals surface area contributed by atoms with E-state index < -0.39 is 0 Å². The molecule has 0 N–H and O–H groups in total. The molecule has 1 aromatic carbocycles. The molecule has 0 aromatic heterocycles. The van der Waals surface area contributed by atoms with Gasteiger partial charge in [-0.2, -0.15) is 0 Å². The Morgan fingerprint density at radius 2 is 1.37 bits per heavy atom. The molecule has 3 heteroatoms. The maximum absolute atomic E-state index is 11.7. The van der Waals surface area contributed by atoms with Crippen molar-refractivity contribution in [2.24, 2.45) is 0 Å². The summed E-state index contributed by atoms with van der Waals surface area (Å²) in [6.07, 6.45) is 1.13. The molecule has 0 radical (unpaired) electrons. The lowest BCUT2D eigenvalue weighted by Gasteiger charge is -2.26. The smallest absolute Gasteiger partial charge is 0.140 e. The first-order valence-electron chi connectivity index (χ1n) is 6.62. The minimum atomic E-state index is 0.0596. The van der Waals surface area contributed by atoms with Crippen LogP contribution in [0.1, 0.15) is 53.0 Å². The number of ketones is 2. The van der Waals surface area contributed by atoms with Crippen LogP contribution in [-0.4, -0.2) is 11.6 Å². The molecule has 0 amide bonds. The number of hydrogen-bond acceptors (Lipinski definition) is 2. The Kier molecular flexibility index (Phi) is 3.95. The number of carbonyl (C=O) groups is 2. The Hall–Kier alpha value is -0.960. The van der Waals surface area contributed by atoms with E-state index in [1.807, 2.05) is 0 Å². The van der Waals surface area contributed by atoms with E-state index in [1.165, 1.54) is 27.8 Å². The highest BCUT2D eigenvalue weighted by Crippen LogP contribution is 2.39. The minimum Gasteiger partial charge on any atom is -0.299 e. The second-order valence-electron chi connectivity index (χ2n) is 5.59. The summed E-state index contributed by atoms with van der Waals surface area (Å²) in [5.41, 5.74) is 6.08. The minimum absolute atomic E-state index is 0.0596. The third-order valence-corrected chi connectivity index (χ3v) is 5.53. The first-order valence-corrected chi connectivity index (χ1v) is 7.41. The first-order chi connectivity index (χ1) is 8.82. The zero-order valence-corrected chi connectivity index (χ0v) is 13.5. The van der Waals surface area contributed by atoms with Crippen molar-refractivity contribution >= 4 is 27.5 Å². The molecule has 2 rings (SSSR count). The predicted octanol–water partition coefficient (Wildman–Crippen LogP) is 4.09. The zero-order chi connectivity index (χ0) is 14.3. The first kappa shape index (κ1) is 14.4. The van der Waals surface area contributed by atoms with E-state index >= 15 is 0 Å². The lowest BCUT2D eigenvalue weighted by Crippen LogP contribution is -2.23. The second-order valence-corrected chi connectivity index (χ2v) is 6.38. The molecule has 0 atom stereocenters. The Morgan fingerprint density at radius 3 is 1.89 bits per heavy atom. The molecular formula is C16H19BrO2. The van der Waals surface area contributed by atoms with Crippen molar-refractivity contribution in [1.82, 2.24) is 0 Å². The quantitative estimate of drug-likeness (QED) is 0.730. The monoisotopic (exact) mass is 322 g/mol. The molecule has 2 nitrogen and oxygen atoms in total. The molecule has 1 saturated carbocycles. The van der Waals surface area contributed by atoms with Crippen LogP contribution in [0.15, 0.2) is 4.47 Å². The van der Waals surface area contributed by atoms with Crippen LogP contribution in [-0.2, 0) is 9.59 Å². The molecule has 1 aliphatic carbocycles. The average molecular weight is 323 g/mol. The van der Waals surface area contributed by atoms with Gasteiger partial charge in [0.15, 0.2) is 0 Å². The van der Waals surface area contributed by atoms with E-state index in [0.29, 0.717) is 12.8 Å². The Morgan fingerprint density at radius 1 is 0.842 bits per heavy atom. The van der Waals surface area contributed by atoms with Gasteiger partial charge >= 0.3 is 0 Å². The van der Waals surface area contributed by atoms with Gasteiger partial charge in [0, 0.05) is 17.3 Å². The van der Waals surface area contributed by atoms with Gasteiger partial charge in [0.2, 0.25) is 0 Å². The molecule has 1 aromatic rings. The molecule has 1 fully saturated rings. The fraction of sp³-hybridized carbons (Fsp3) is 0.500. The topological polar surface area (TPSA) is 34.1 Å². The van der Waals surface area contributed by atoms with E-state index in [2.05, 4.69) is 43.6 Å². The molecule has 1 aliphatic rings. The second kappa shape index (κ2) is 5.20. The molecular weight excluding hydrogens is 304 g/mol. The highest BCUT2D eigenvalue weighted by atomic mass is 79.9. The largest absolute Gasteiger partial charge is 0.299 e. The maximum Gasteiger partial charge on any atom is 0.140 e. The van der Waals surface area contributed by atoms with Gasteiger partial charge in [-0.1, -0.05) is 15.9 Å². The third-order valence-electron chi connectivity index (χ3n) is 4.34. The predicted molar refractivity (Wildman–Crippen MR) is 79.7 cm³/mol. The molecule has 0 heterocycles. The highest BCUT2D eigenvalue weighted by Gasteiger charge is 2.29. The van der Waals surface area contributed by atoms with Crippen LogP contribution in [0.25, 0.3) is 0 Å². The van der Waals surface area contributed by atoms with Gasteiger partial charge in [-0.15, -0.1) is 0 Å². The van der Waals surface area contributed by atoms with Gasteiger partial charge in [0.25, 0.3) is 0 Å². The van der Waals surface area contributed by atoms with Crippen molar-refractivity contribution in [3.8, 4) is 0 Å². The Balaban J connectivity index is 2.56. The molecule has 0 aliphatic heterocycles. The number of rotatable bonds is 1. The Bertz CT molecular complexity index is 528. The number of carbonyl (C=O) groups excluding carboxylic acids is 2. The summed E-state index contributed by atoms with van der Waals surface area (Å²) in [4.78, 5) is 23.4. The van der Waals surface area contributed by atoms with Gasteiger partial charge in [-0.25, -0.2) is 0 Å². The molecule has 102 valence electrons. The van der Waals surface area contributed by atoms with E-state index in [4.69, 9.17) is 0 Å². The van der Waals surface area contributed by atoms with Gasteiger partial charge in [0.1, 0.15) is 11.6 Å². The zero-order valence-electron chi connectivity index (χ0n) is 11.9. The van der Waals surface area contributed by atoms with Crippen LogP contribution in [0, 0.1) is 27.7 Å². The van der Waals surface area contributed by atoms with E-state index in [1.54, 1.807) is 0 Å². The fourth-order valence-electron chi connectivity index (χ4n) is 3.13. The van der Waals surface area contributed by atoms with Crippen LogP contribution >= 0.6 is 15.9 Å². The van der Waals surface area contributed by atoms with Crippen LogP contribution < -0.4 is 0 Å². The maximum atomic E-state index is 11.7. The summed E-state index contributed by atoms with van der Waals surface area (Å²) in [6.45, 7) is 8.37. The van der Waals surface area contributed by atoms with Crippen LogP contribution in [0.5, 0.6) is 0 Å². The van der Waals surface area contributed by atoms with Crippen molar-refractivity contribution in [2.45, 2.75) is 52.9 Å². The summed E-state index contributed by atoms with van der Waals surface area (Å²) >= 11 is 3.64. The van der Waals surface area contributed by atoms with Crippen LogP contribution in [0.2, 0.25) is 0 Å². The number of hydrogen-bond donors (Lipinski definition) is 0. The van der Waals surface area contributed by atoms with E-state index in [0.717, 1.165) is 4.47 Å². The van der Waals surface area contributed by atoms with Gasteiger partial charge < -0.3 is 0 Å². The summed E-state index contributed by atoms with van der Waals surface area (Å²) < 4.78 is 1.11. The molecule has 0 saturated heterocycles. The van der Waals surface area contributed by atoms with Crippen molar-refractivity contribution in [3.05, 3.63) is 32.3 Å². The van der Waals surface area contributed by atoms with Gasteiger partial charge in [0.05, 0.1) is 6.42 Å². The summed E-state index contributed by atoms with van der Waals surface area (Å²) in [5.74, 6) is 0.216. The van der Waals surface area contributed by atoms with Crippen molar-refractivity contribution in [3.63, 3.8) is 0 Å². The fourth-order valence-corrected chi connectivity index (χ4v) is 3.64. The van der Waals surface area contributed by atoms with Crippen molar-refractivity contribution in [2.75, 3.05) is 0 Å². The van der Waals surface area contributed by atoms with Crippen LogP contribution in [0.4, 0.5) is 0 Å². The van der Waals surface area contributed by atoms with Gasteiger partial charge in [-0.3, -0.25) is 9.59 Å². The summed E-state index contributed by atoms with van der Waals surface area (Å²) in [5, 5.41) is 0. The highest BCUT2D eigenvalue weighted by molar-refractivity contribution is 9.10. The SMILES string of the molecule is Cc1c(C)c(Br)c(C)c(C2CC(=O)CC(=O)C2)c1C. The number of benzene rings is 1. The molecule has 19 heavy (non-hydrogen) atoms. The average Bonchev–Trinajstić information content (AvgIpc) is 2.33. The summed E-state index contributed by atoms with van der Waals surface area (Å²) in [6, 6.07) is 0. The normalized spacial score (nSPS) is 17.1.